The number of halogens is 2. The minimum atomic E-state index is -1.19. The number of hydrogen-bond donors (Lipinski definition) is 2. The molecule has 5 nitrogen and oxygen atoms in total. The normalized spacial score (nSPS) is 24.2. The highest BCUT2D eigenvalue weighted by Crippen LogP contribution is 2.52. The molecule has 2 aliphatic rings. The summed E-state index contributed by atoms with van der Waals surface area (Å²) in [6.07, 6.45) is 2.56. The van der Waals surface area contributed by atoms with Crippen molar-refractivity contribution >= 4 is 23.0 Å². The van der Waals surface area contributed by atoms with Crippen LogP contribution in [0.15, 0.2) is 41.5 Å². The number of nitrogens with zero attached hydrogens (tertiary/aromatic N) is 2. The highest BCUT2D eigenvalue weighted by molar-refractivity contribution is 8.13. The Morgan fingerprint density at radius 1 is 1.33 bits per heavy atom. The van der Waals surface area contributed by atoms with Crippen LogP contribution in [-0.2, 0) is 5.54 Å². The second-order valence-corrected chi connectivity index (χ2v) is 7.72. The molecular formula is C19H17F2N3O2S. The molecule has 1 fully saturated rings. The standard InChI is InChI=1S/C19H17F2N3O2S/c20-15-6-5-11(13-4-2-8-22-16(13)21)9-14(15)19-7-1-3-12(19)10-27-17(24-19)23-18(25)26/h2,4-6,8-9,12H,1,3,7,10H2,(H,23,24)(H,25,26). The van der Waals surface area contributed by atoms with E-state index in [9.17, 15) is 13.6 Å². The number of hydrogen-bond acceptors (Lipinski definition) is 4. The Morgan fingerprint density at radius 2 is 2.19 bits per heavy atom. The molecule has 1 saturated carbocycles. The maximum absolute atomic E-state index is 14.9. The average Bonchev–Trinajstić information content (AvgIpc) is 3.06. The predicted octanol–water partition coefficient (Wildman–Crippen LogP) is 4.39. The van der Waals surface area contributed by atoms with Crippen molar-refractivity contribution in [2.24, 2.45) is 10.9 Å². The predicted molar refractivity (Wildman–Crippen MR) is 99.7 cm³/mol. The number of rotatable bonds is 2. The van der Waals surface area contributed by atoms with E-state index in [0.29, 0.717) is 28.9 Å². The molecule has 1 aromatic carbocycles. The lowest BCUT2D eigenvalue weighted by atomic mass is 9.80. The summed E-state index contributed by atoms with van der Waals surface area (Å²) in [7, 11) is 0. The van der Waals surface area contributed by atoms with Crippen molar-refractivity contribution in [2.45, 2.75) is 24.8 Å². The third-order valence-corrected chi connectivity index (χ3v) is 6.26. The van der Waals surface area contributed by atoms with Gasteiger partial charge in [-0.3, -0.25) is 10.3 Å². The molecule has 1 amide bonds. The lowest BCUT2D eigenvalue weighted by Crippen LogP contribution is -2.40. The lowest BCUT2D eigenvalue weighted by Gasteiger charge is -2.36. The zero-order valence-electron chi connectivity index (χ0n) is 14.3. The van der Waals surface area contributed by atoms with E-state index < -0.39 is 23.4 Å². The van der Waals surface area contributed by atoms with Crippen LogP contribution < -0.4 is 5.32 Å². The molecule has 2 atom stereocenters. The largest absolute Gasteiger partial charge is 0.465 e. The van der Waals surface area contributed by atoms with Gasteiger partial charge in [-0.2, -0.15) is 4.39 Å². The van der Waals surface area contributed by atoms with Crippen LogP contribution in [0.25, 0.3) is 11.1 Å². The van der Waals surface area contributed by atoms with Crippen LogP contribution >= 0.6 is 11.8 Å². The number of benzene rings is 1. The second-order valence-electron chi connectivity index (χ2n) is 6.71. The summed E-state index contributed by atoms with van der Waals surface area (Å²) in [5, 5.41) is 11.6. The average molecular weight is 389 g/mol. The molecule has 1 aliphatic carbocycles. The molecule has 1 aromatic heterocycles. The molecule has 27 heavy (non-hydrogen) atoms. The molecule has 0 radical (unpaired) electrons. The van der Waals surface area contributed by atoms with Gasteiger partial charge in [-0.1, -0.05) is 24.2 Å². The maximum Gasteiger partial charge on any atom is 0.410 e. The van der Waals surface area contributed by atoms with Crippen molar-refractivity contribution in [3.8, 4) is 11.1 Å². The molecule has 140 valence electrons. The van der Waals surface area contributed by atoms with E-state index in [2.05, 4.69) is 15.3 Å². The first-order valence-electron chi connectivity index (χ1n) is 8.63. The maximum atomic E-state index is 14.9. The number of amides is 1. The van der Waals surface area contributed by atoms with Crippen molar-refractivity contribution in [1.29, 1.82) is 0 Å². The number of aliphatic imine (C=N–C) groups is 1. The van der Waals surface area contributed by atoms with Gasteiger partial charge in [0.05, 0.1) is 5.54 Å². The van der Waals surface area contributed by atoms with Gasteiger partial charge in [0.25, 0.3) is 0 Å². The van der Waals surface area contributed by atoms with E-state index >= 15 is 0 Å². The van der Waals surface area contributed by atoms with Crippen molar-refractivity contribution in [3.05, 3.63) is 53.9 Å². The Labute approximate surface area is 158 Å². The first-order valence-corrected chi connectivity index (χ1v) is 9.62. The first kappa shape index (κ1) is 17.9. The molecule has 2 N–H and O–H groups in total. The third-order valence-electron chi connectivity index (χ3n) is 5.22. The summed E-state index contributed by atoms with van der Waals surface area (Å²) < 4.78 is 29.0. The van der Waals surface area contributed by atoms with Gasteiger partial charge in [0, 0.05) is 23.1 Å². The topological polar surface area (TPSA) is 74.6 Å². The molecule has 8 heteroatoms. The Balaban J connectivity index is 1.84. The Kier molecular flexibility index (Phi) is 4.59. The van der Waals surface area contributed by atoms with E-state index in [1.54, 1.807) is 18.2 Å². The van der Waals surface area contributed by atoms with Gasteiger partial charge >= 0.3 is 6.09 Å². The molecule has 2 unspecified atom stereocenters. The highest BCUT2D eigenvalue weighted by atomic mass is 32.2. The minimum Gasteiger partial charge on any atom is -0.465 e. The number of aromatic nitrogens is 1. The quantitative estimate of drug-likeness (QED) is 0.747. The monoisotopic (exact) mass is 389 g/mol. The summed E-state index contributed by atoms with van der Waals surface area (Å²) in [5.74, 6) is -0.276. The number of carboxylic acid groups (broad SMARTS) is 1. The Bertz CT molecular complexity index is 937. The van der Waals surface area contributed by atoms with E-state index in [-0.39, 0.29) is 11.1 Å². The number of amidine groups is 1. The van der Waals surface area contributed by atoms with Gasteiger partial charge in [-0.25, -0.2) is 14.2 Å². The Hall–Kier alpha value is -2.48. The van der Waals surface area contributed by atoms with Crippen LogP contribution in [0.3, 0.4) is 0 Å². The molecule has 2 heterocycles. The van der Waals surface area contributed by atoms with Gasteiger partial charge in [0.15, 0.2) is 5.17 Å². The third kappa shape index (κ3) is 3.18. The van der Waals surface area contributed by atoms with Gasteiger partial charge in [-0.15, -0.1) is 0 Å². The molecule has 0 spiro atoms. The number of nitrogens with one attached hydrogen (secondary N) is 1. The summed E-state index contributed by atoms with van der Waals surface area (Å²) in [4.78, 5) is 19.3. The van der Waals surface area contributed by atoms with Crippen LogP contribution in [0.1, 0.15) is 24.8 Å². The van der Waals surface area contributed by atoms with Crippen molar-refractivity contribution < 1.29 is 18.7 Å². The smallest absolute Gasteiger partial charge is 0.410 e. The fourth-order valence-corrected chi connectivity index (χ4v) is 5.21. The molecule has 1 aliphatic heterocycles. The van der Waals surface area contributed by atoms with E-state index in [4.69, 9.17) is 5.11 Å². The number of fused-ring (bicyclic) bond motifs is 1. The van der Waals surface area contributed by atoms with Gasteiger partial charge in [0.2, 0.25) is 5.95 Å². The van der Waals surface area contributed by atoms with E-state index in [0.717, 1.165) is 12.8 Å². The molecule has 0 bridgehead atoms. The second kappa shape index (κ2) is 6.92. The fraction of sp³-hybridized carbons (Fsp3) is 0.316. The SMILES string of the molecule is O=C(O)NC1=NC2(c3cc(-c4cccnc4F)ccc3F)CCCC2CS1. The first-order chi connectivity index (χ1) is 13.0. The van der Waals surface area contributed by atoms with Crippen LogP contribution in [-0.4, -0.2) is 27.1 Å². The summed E-state index contributed by atoms with van der Waals surface area (Å²) >= 11 is 1.34. The fourth-order valence-electron chi connectivity index (χ4n) is 4.02. The van der Waals surface area contributed by atoms with Crippen molar-refractivity contribution in [2.75, 3.05) is 5.75 Å². The number of thioether (sulfide) groups is 1. The van der Waals surface area contributed by atoms with Gasteiger partial charge in [-0.05, 0) is 48.6 Å². The molecule has 2 aromatic rings. The molecular weight excluding hydrogens is 372 g/mol. The minimum absolute atomic E-state index is 0.102. The van der Waals surface area contributed by atoms with Gasteiger partial charge < -0.3 is 5.11 Å². The van der Waals surface area contributed by atoms with Crippen LogP contribution in [0.2, 0.25) is 0 Å². The zero-order chi connectivity index (χ0) is 19.0. The zero-order valence-corrected chi connectivity index (χ0v) is 15.1. The van der Waals surface area contributed by atoms with E-state index in [1.807, 2.05) is 0 Å². The summed E-state index contributed by atoms with van der Waals surface area (Å²) in [6, 6.07) is 7.70. The van der Waals surface area contributed by atoms with Crippen LogP contribution in [0.4, 0.5) is 13.6 Å². The van der Waals surface area contributed by atoms with Gasteiger partial charge in [0.1, 0.15) is 5.82 Å². The molecule has 4 rings (SSSR count). The Morgan fingerprint density at radius 3 is 2.96 bits per heavy atom. The van der Waals surface area contributed by atoms with Crippen molar-refractivity contribution in [1.82, 2.24) is 10.3 Å². The summed E-state index contributed by atoms with van der Waals surface area (Å²) in [5.41, 5.74) is 0.374. The molecule has 0 saturated heterocycles. The van der Waals surface area contributed by atoms with E-state index in [1.165, 1.54) is 30.1 Å². The lowest BCUT2D eigenvalue weighted by molar-refractivity contribution is 0.200. The van der Waals surface area contributed by atoms with Crippen LogP contribution in [0.5, 0.6) is 0 Å². The van der Waals surface area contributed by atoms with Crippen molar-refractivity contribution in [3.63, 3.8) is 0 Å². The highest BCUT2D eigenvalue weighted by Gasteiger charge is 2.48. The summed E-state index contributed by atoms with van der Waals surface area (Å²) in [6.45, 7) is 0. The number of pyridine rings is 1. The van der Waals surface area contributed by atoms with Crippen LogP contribution in [0, 0.1) is 17.7 Å². The number of carbonyl (C=O) groups is 1.